The Morgan fingerprint density at radius 1 is 1.37 bits per heavy atom. The summed E-state index contributed by atoms with van der Waals surface area (Å²) in [4.78, 5) is 27.6. The van der Waals surface area contributed by atoms with Crippen LogP contribution in [0, 0.1) is 0 Å². The van der Waals surface area contributed by atoms with Gasteiger partial charge in [0.1, 0.15) is 6.04 Å². The number of imide groups is 1. The Morgan fingerprint density at radius 3 is 2.84 bits per heavy atom. The summed E-state index contributed by atoms with van der Waals surface area (Å²) in [5, 5.41) is 3.74. The van der Waals surface area contributed by atoms with Gasteiger partial charge in [0, 0.05) is 29.5 Å². The summed E-state index contributed by atoms with van der Waals surface area (Å²) in [7, 11) is 1.49. The molecule has 0 spiro atoms. The number of aromatic amines is 1. The molecule has 1 atom stereocenters. The van der Waals surface area contributed by atoms with Gasteiger partial charge in [-0.15, -0.1) is 0 Å². The Bertz CT molecular complexity index is 680. The molecule has 0 bridgehead atoms. The van der Waals surface area contributed by atoms with Gasteiger partial charge in [0.15, 0.2) is 0 Å². The number of nitrogens with zero attached hydrogens (tertiary/aromatic N) is 1. The predicted octanol–water partition coefficient (Wildman–Crippen LogP) is 2.02. The van der Waals surface area contributed by atoms with E-state index < -0.39 is 6.04 Å². The maximum atomic E-state index is 11.9. The van der Waals surface area contributed by atoms with E-state index >= 15 is 0 Å². The summed E-state index contributed by atoms with van der Waals surface area (Å²) in [6, 6.07) is 5.09. The van der Waals surface area contributed by atoms with Crippen molar-refractivity contribution < 1.29 is 9.59 Å². The number of halogens is 1. The van der Waals surface area contributed by atoms with Crippen LogP contribution in [0.3, 0.4) is 0 Å². The highest BCUT2D eigenvalue weighted by molar-refractivity contribution is 9.10. The summed E-state index contributed by atoms with van der Waals surface area (Å²) >= 11 is 3.48. The molecule has 2 aromatic rings. The molecule has 1 fully saturated rings. The standard InChI is InChI=1S/C13H12BrN3O2/c1-17-12(18)10(16-13(17)19)5-7-6-15-11-8(7)3-2-4-9(11)14/h2-4,6,10,15H,5H2,1H3,(H,16,19). The summed E-state index contributed by atoms with van der Waals surface area (Å²) in [5.74, 6) is -0.186. The predicted molar refractivity (Wildman–Crippen MR) is 74.8 cm³/mol. The fourth-order valence-electron chi connectivity index (χ4n) is 2.34. The van der Waals surface area contributed by atoms with Gasteiger partial charge < -0.3 is 10.3 Å². The van der Waals surface area contributed by atoms with Gasteiger partial charge in [-0.05, 0) is 27.6 Å². The van der Waals surface area contributed by atoms with Crippen molar-refractivity contribution >= 4 is 38.8 Å². The second-order valence-corrected chi connectivity index (χ2v) is 5.43. The fourth-order valence-corrected chi connectivity index (χ4v) is 2.82. The highest BCUT2D eigenvalue weighted by Gasteiger charge is 2.35. The van der Waals surface area contributed by atoms with Gasteiger partial charge in [0.2, 0.25) is 0 Å². The molecule has 1 aliphatic heterocycles. The zero-order valence-corrected chi connectivity index (χ0v) is 11.8. The molecular weight excluding hydrogens is 310 g/mol. The van der Waals surface area contributed by atoms with E-state index in [1.54, 1.807) is 0 Å². The maximum absolute atomic E-state index is 11.9. The first-order valence-electron chi connectivity index (χ1n) is 5.90. The zero-order chi connectivity index (χ0) is 13.6. The molecular formula is C13H12BrN3O2. The molecule has 3 rings (SSSR count). The lowest BCUT2D eigenvalue weighted by atomic mass is 10.1. The monoisotopic (exact) mass is 321 g/mol. The van der Waals surface area contributed by atoms with Crippen molar-refractivity contribution in [1.82, 2.24) is 15.2 Å². The third kappa shape index (κ3) is 1.92. The van der Waals surface area contributed by atoms with E-state index in [-0.39, 0.29) is 11.9 Å². The third-order valence-electron chi connectivity index (χ3n) is 3.41. The first kappa shape index (κ1) is 12.2. The molecule has 0 saturated carbocycles. The average Bonchev–Trinajstić information content (AvgIpc) is 2.90. The number of aromatic nitrogens is 1. The smallest absolute Gasteiger partial charge is 0.324 e. The Balaban J connectivity index is 1.93. The van der Waals surface area contributed by atoms with E-state index in [0.29, 0.717) is 6.42 Å². The van der Waals surface area contributed by atoms with Gasteiger partial charge in [-0.25, -0.2) is 4.79 Å². The van der Waals surface area contributed by atoms with Crippen molar-refractivity contribution in [3.63, 3.8) is 0 Å². The number of carbonyl (C=O) groups excluding carboxylic acids is 2. The van der Waals surface area contributed by atoms with Crippen molar-refractivity contribution in [2.45, 2.75) is 12.5 Å². The average molecular weight is 322 g/mol. The van der Waals surface area contributed by atoms with Crippen LogP contribution in [-0.4, -0.2) is 34.9 Å². The summed E-state index contributed by atoms with van der Waals surface area (Å²) in [6.07, 6.45) is 2.37. The first-order chi connectivity index (χ1) is 9.08. The number of fused-ring (bicyclic) bond motifs is 1. The van der Waals surface area contributed by atoms with Crippen LogP contribution in [0.15, 0.2) is 28.9 Å². The SMILES string of the molecule is CN1C(=O)NC(Cc2c[nH]c3c(Br)cccc23)C1=O. The van der Waals surface area contributed by atoms with Gasteiger partial charge in [-0.2, -0.15) is 0 Å². The number of benzene rings is 1. The minimum absolute atomic E-state index is 0.186. The van der Waals surface area contributed by atoms with Crippen molar-refractivity contribution in [2.75, 3.05) is 7.05 Å². The van der Waals surface area contributed by atoms with Crippen molar-refractivity contribution in [1.29, 1.82) is 0 Å². The molecule has 0 radical (unpaired) electrons. The number of carbonyl (C=O) groups is 2. The number of rotatable bonds is 2. The van der Waals surface area contributed by atoms with Crippen LogP contribution < -0.4 is 5.32 Å². The Morgan fingerprint density at radius 2 is 2.16 bits per heavy atom. The molecule has 2 N–H and O–H groups in total. The van der Waals surface area contributed by atoms with Crippen LogP contribution in [0.1, 0.15) is 5.56 Å². The number of urea groups is 1. The van der Waals surface area contributed by atoms with E-state index in [0.717, 1.165) is 25.8 Å². The molecule has 1 saturated heterocycles. The first-order valence-corrected chi connectivity index (χ1v) is 6.70. The second-order valence-electron chi connectivity index (χ2n) is 4.58. The van der Waals surface area contributed by atoms with Crippen LogP contribution in [0.2, 0.25) is 0 Å². The molecule has 6 heteroatoms. The minimum atomic E-state index is -0.476. The summed E-state index contributed by atoms with van der Waals surface area (Å²) in [5.41, 5.74) is 2.02. The number of nitrogens with one attached hydrogen (secondary N) is 2. The van der Waals surface area contributed by atoms with Crippen molar-refractivity contribution in [3.05, 3.63) is 34.4 Å². The maximum Gasteiger partial charge on any atom is 0.324 e. The summed E-state index contributed by atoms with van der Waals surface area (Å²) < 4.78 is 0.982. The quantitative estimate of drug-likeness (QED) is 0.831. The molecule has 5 nitrogen and oxygen atoms in total. The topological polar surface area (TPSA) is 65.2 Å². The lowest BCUT2D eigenvalue weighted by Crippen LogP contribution is -2.31. The molecule has 0 aliphatic carbocycles. The molecule has 3 amide bonds. The van der Waals surface area contributed by atoms with Crippen LogP contribution >= 0.6 is 15.9 Å². The minimum Gasteiger partial charge on any atom is -0.360 e. The van der Waals surface area contributed by atoms with E-state index in [2.05, 4.69) is 26.2 Å². The lowest BCUT2D eigenvalue weighted by Gasteiger charge is -2.07. The molecule has 1 aromatic heterocycles. The summed E-state index contributed by atoms with van der Waals surface area (Å²) in [6.45, 7) is 0. The number of H-pyrrole nitrogens is 1. The van der Waals surface area contributed by atoms with Crippen LogP contribution in [-0.2, 0) is 11.2 Å². The van der Waals surface area contributed by atoms with Gasteiger partial charge in [0.05, 0.1) is 5.52 Å². The van der Waals surface area contributed by atoms with Gasteiger partial charge >= 0.3 is 6.03 Å². The van der Waals surface area contributed by atoms with Crippen molar-refractivity contribution in [3.8, 4) is 0 Å². The van der Waals surface area contributed by atoms with Crippen molar-refractivity contribution in [2.24, 2.45) is 0 Å². The largest absolute Gasteiger partial charge is 0.360 e. The zero-order valence-electron chi connectivity index (χ0n) is 10.2. The molecule has 98 valence electrons. The molecule has 2 heterocycles. The highest BCUT2D eigenvalue weighted by Crippen LogP contribution is 2.26. The number of hydrogen-bond acceptors (Lipinski definition) is 2. The normalized spacial score (nSPS) is 19.3. The number of amides is 3. The van der Waals surface area contributed by atoms with Crippen LogP contribution in [0.5, 0.6) is 0 Å². The van der Waals surface area contributed by atoms with Crippen LogP contribution in [0.25, 0.3) is 10.9 Å². The Labute approximate surface area is 118 Å². The molecule has 1 unspecified atom stereocenters. The van der Waals surface area contributed by atoms with Gasteiger partial charge in [-0.1, -0.05) is 12.1 Å². The third-order valence-corrected chi connectivity index (χ3v) is 4.07. The Kier molecular flexibility index (Phi) is 2.82. The van der Waals surface area contributed by atoms with E-state index in [1.165, 1.54) is 7.05 Å². The number of hydrogen-bond donors (Lipinski definition) is 2. The second kappa shape index (κ2) is 4.38. The van der Waals surface area contributed by atoms with E-state index in [9.17, 15) is 9.59 Å². The van der Waals surface area contributed by atoms with E-state index in [4.69, 9.17) is 0 Å². The Hall–Kier alpha value is -1.82. The fraction of sp³-hybridized carbons (Fsp3) is 0.231. The molecule has 1 aromatic carbocycles. The number of para-hydroxylation sites is 1. The molecule has 19 heavy (non-hydrogen) atoms. The number of likely N-dealkylation sites (N-methyl/N-ethyl adjacent to an activating group) is 1. The van der Waals surface area contributed by atoms with Gasteiger partial charge in [0.25, 0.3) is 5.91 Å². The van der Waals surface area contributed by atoms with E-state index in [1.807, 2.05) is 24.4 Å². The highest BCUT2D eigenvalue weighted by atomic mass is 79.9. The lowest BCUT2D eigenvalue weighted by molar-refractivity contribution is -0.126. The van der Waals surface area contributed by atoms with Crippen LogP contribution in [0.4, 0.5) is 4.79 Å². The molecule has 1 aliphatic rings. The van der Waals surface area contributed by atoms with Gasteiger partial charge in [-0.3, -0.25) is 9.69 Å².